The normalized spacial score (nSPS) is 12.1. The van der Waals surface area contributed by atoms with E-state index in [1.54, 1.807) is 35.6 Å². The molecule has 2 rings (SSSR count). The minimum absolute atomic E-state index is 0.353. The fraction of sp³-hybridized carbons (Fsp3) is 0.0769. The van der Waals surface area contributed by atoms with Gasteiger partial charge in [-0.1, -0.05) is 24.3 Å². The molecule has 88 valence electrons. The van der Waals surface area contributed by atoms with Gasteiger partial charge in [-0.05, 0) is 35.2 Å². The highest BCUT2D eigenvalue weighted by atomic mass is 32.2. The molecule has 17 heavy (non-hydrogen) atoms. The molecule has 0 bridgehead atoms. The summed E-state index contributed by atoms with van der Waals surface area (Å²) in [4.78, 5) is 1.53. The molecule has 0 aliphatic carbocycles. The van der Waals surface area contributed by atoms with Crippen LogP contribution >= 0.6 is 11.3 Å². The minimum atomic E-state index is -3.10. The lowest BCUT2D eigenvalue weighted by Gasteiger charge is -1.98. The van der Waals surface area contributed by atoms with Crippen LogP contribution in [-0.2, 0) is 9.84 Å². The third kappa shape index (κ3) is 3.28. The number of benzene rings is 1. The summed E-state index contributed by atoms with van der Waals surface area (Å²) in [6.45, 7) is 0. The number of hydrogen-bond donors (Lipinski definition) is 0. The molecule has 4 heteroatoms. The Kier molecular flexibility index (Phi) is 3.45. The topological polar surface area (TPSA) is 34.1 Å². The molecule has 0 unspecified atom stereocenters. The fourth-order valence-electron chi connectivity index (χ4n) is 1.39. The van der Waals surface area contributed by atoms with Crippen LogP contribution in [0, 0.1) is 0 Å². The van der Waals surface area contributed by atoms with Crippen LogP contribution in [0.5, 0.6) is 0 Å². The molecular weight excluding hydrogens is 252 g/mol. The first-order valence-electron chi connectivity index (χ1n) is 5.07. The van der Waals surface area contributed by atoms with Crippen molar-refractivity contribution in [2.75, 3.05) is 6.26 Å². The van der Waals surface area contributed by atoms with Crippen LogP contribution in [0.4, 0.5) is 0 Å². The lowest BCUT2D eigenvalue weighted by Crippen LogP contribution is -1.95. The lowest BCUT2D eigenvalue weighted by molar-refractivity contribution is 0.602. The zero-order valence-corrected chi connectivity index (χ0v) is 11.0. The Hall–Kier alpha value is -1.39. The van der Waals surface area contributed by atoms with Crippen molar-refractivity contribution in [3.63, 3.8) is 0 Å². The summed E-state index contributed by atoms with van der Waals surface area (Å²) < 4.78 is 22.5. The number of thiophene rings is 1. The van der Waals surface area contributed by atoms with Gasteiger partial charge in [-0.2, -0.15) is 0 Å². The number of sulfone groups is 1. The molecule has 0 aliphatic rings. The Morgan fingerprint density at radius 1 is 1.06 bits per heavy atom. The molecule has 1 aromatic carbocycles. The summed E-state index contributed by atoms with van der Waals surface area (Å²) in [5, 5.41) is 2.02. The molecule has 0 saturated carbocycles. The van der Waals surface area contributed by atoms with Crippen molar-refractivity contribution in [3.05, 3.63) is 52.2 Å². The van der Waals surface area contributed by atoms with Crippen molar-refractivity contribution in [2.24, 2.45) is 0 Å². The summed E-state index contributed by atoms with van der Waals surface area (Å²) in [6, 6.07) is 10.9. The summed E-state index contributed by atoms with van der Waals surface area (Å²) in [5.74, 6) is 0. The third-order valence-electron chi connectivity index (χ3n) is 2.29. The van der Waals surface area contributed by atoms with Gasteiger partial charge in [-0.3, -0.25) is 0 Å². The predicted octanol–water partition coefficient (Wildman–Crippen LogP) is 3.32. The van der Waals surface area contributed by atoms with Crippen LogP contribution in [0.25, 0.3) is 12.2 Å². The van der Waals surface area contributed by atoms with E-state index in [2.05, 4.69) is 0 Å². The molecule has 0 aliphatic heterocycles. The highest BCUT2D eigenvalue weighted by Crippen LogP contribution is 2.15. The minimum Gasteiger partial charge on any atom is -0.224 e. The van der Waals surface area contributed by atoms with Crippen molar-refractivity contribution in [3.8, 4) is 0 Å². The van der Waals surface area contributed by atoms with E-state index in [1.807, 2.05) is 29.7 Å². The van der Waals surface area contributed by atoms with Gasteiger partial charge in [0.1, 0.15) is 0 Å². The lowest BCUT2D eigenvalue weighted by atomic mass is 10.2. The van der Waals surface area contributed by atoms with Gasteiger partial charge in [0, 0.05) is 11.1 Å². The smallest absolute Gasteiger partial charge is 0.175 e. The molecule has 0 saturated heterocycles. The van der Waals surface area contributed by atoms with Crippen molar-refractivity contribution < 1.29 is 8.42 Å². The van der Waals surface area contributed by atoms with Crippen LogP contribution in [0.1, 0.15) is 10.4 Å². The van der Waals surface area contributed by atoms with Gasteiger partial charge in [0.05, 0.1) is 4.90 Å². The average molecular weight is 264 g/mol. The highest BCUT2D eigenvalue weighted by Gasteiger charge is 2.04. The molecule has 2 nitrogen and oxygen atoms in total. The van der Waals surface area contributed by atoms with Gasteiger partial charge in [-0.25, -0.2) is 8.42 Å². The van der Waals surface area contributed by atoms with Gasteiger partial charge in [0.25, 0.3) is 0 Å². The second-order valence-corrected chi connectivity index (χ2v) is 6.68. The third-order valence-corrected chi connectivity index (χ3v) is 4.26. The van der Waals surface area contributed by atoms with E-state index in [-0.39, 0.29) is 0 Å². The molecule has 0 fully saturated rings. The highest BCUT2D eigenvalue weighted by molar-refractivity contribution is 7.90. The summed E-state index contributed by atoms with van der Waals surface area (Å²) in [6.07, 6.45) is 5.20. The Balaban J connectivity index is 2.19. The van der Waals surface area contributed by atoms with Crippen LogP contribution in [-0.4, -0.2) is 14.7 Å². The fourth-order valence-corrected chi connectivity index (χ4v) is 2.64. The van der Waals surface area contributed by atoms with E-state index in [9.17, 15) is 8.42 Å². The number of rotatable bonds is 3. The Labute approximate surface area is 105 Å². The van der Waals surface area contributed by atoms with Crippen LogP contribution in [0.2, 0.25) is 0 Å². The Morgan fingerprint density at radius 3 is 2.29 bits per heavy atom. The molecule has 0 amide bonds. The molecule has 0 radical (unpaired) electrons. The second-order valence-electron chi connectivity index (χ2n) is 3.69. The van der Waals surface area contributed by atoms with Crippen LogP contribution in [0.15, 0.2) is 46.7 Å². The average Bonchev–Trinajstić information content (AvgIpc) is 2.78. The van der Waals surface area contributed by atoms with E-state index < -0.39 is 9.84 Å². The van der Waals surface area contributed by atoms with Crippen LogP contribution < -0.4 is 0 Å². The molecule has 1 heterocycles. The molecular formula is C13H12O2S2. The first-order chi connectivity index (χ1) is 8.05. The quantitative estimate of drug-likeness (QED) is 0.852. The first-order valence-corrected chi connectivity index (χ1v) is 7.84. The van der Waals surface area contributed by atoms with E-state index in [0.29, 0.717) is 4.90 Å². The van der Waals surface area contributed by atoms with Crippen molar-refractivity contribution >= 4 is 33.3 Å². The van der Waals surface area contributed by atoms with Crippen molar-refractivity contribution in [1.29, 1.82) is 0 Å². The molecule has 0 spiro atoms. The summed E-state index contributed by atoms with van der Waals surface area (Å²) in [7, 11) is -3.10. The van der Waals surface area contributed by atoms with Crippen molar-refractivity contribution in [1.82, 2.24) is 0 Å². The van der Waals surface area contributed by atoms with Gasteiger partial charge >= 0.3 is 0 Å². The van der Waals surface area contributed by atoms with Crippen LogP contribution in [0.3, 0.4) is 0 Å². The van der Waals surface area contributed by atoms with Gasteiger partial charge in [0.2, 0.25) is 0 Å². The maximum Gasteiger partial charge on any atom is 0.175 e. The first kappa shape index (κ1) is 12.1. The van der Waals surface area contributed by atoms with E-state index in [4.69, 9.17) is 0 Å². The van der Waals surface area contributed by atoms with E-state index >= 15 is 0 Å². The van der Waals surface area contributed by atoms with E-state index in [1.165, 1.54) is 11.1 Å². The SMILES string of the molecule is CS(=O)(=O)c1ccc(/C=C/c2cccs2)cc1. The predicted molar refractivity (Wildman–Crippen MR) is 72.8 cm³/mol. The van der Waals surface area contributed by atoms with Gasteiger partial charge in [0.15, 0.2) is 9.84 Å². The van der Waals surface area contributed by atoms with Gasteiger partial charge in [-0.15, -0.1) is 11.3 Å². The number of hydrogen-bond acceptors (Lipinski definition) is 3. The zero-order chi connectivity index (χ0) is 12.3. The van der Waals surface area contributed by atoms with Gasteiger partial charge < -0.3 is 0 Å². The molecule has 2 aromatic rings. The monoisotopic (exact) mass is 264 g/mol. The maximum atomic E-state index is 11.3. The standard InChI is InChI=1S/C13H12O2S2/c1-17(14,15)13-8-5-11(6-9-13)4-7-12-3-2-10-16-12/h2-10H,1H3/b7-4+. The Bertz CT molecular complexity index is 606. The second kappa shape index (κ2) is 4.85. The zero-order valence-electron chi connectivity index (χ0n) is 9.33. The molecule has 0 N–H and O–H groups in total. The Morgan fingerprint density at radius 2 is 1.76 bits per heavy atom. The maximum absolute atomic E-state index is 11.3. The largest absolute Gasteiger partial charge is 0.224 e. The van der Waals surface area contributed by atoms with E-state index in [0.717, 1.165) is 5.56 Å². The molecule has 0 atom stereocenters. The summed E-state index contributed by atoms with van der Waals surface area (Å²) in [5.41, 5.74) is 0.991. The molecule has 1 aromatic heterocycles. The van der Waals surface area contributed by atoms with Crippen molar-refractivity contribution in [2.45, 2.75) is 4.90 Å². The summed E-state index contributed by atoms with van der Waals surface area (Å²) >= 11 is 1.67.